The van der Waals surface area contributed by atoms with Crippen LogP contribution in [0.5, 0.6) is 0 Å². The summed E-state index contributed by atoms with van der Waals surface area (Å²) in [5.74, 6) is -0.400. The van der Waals surface area contributed by atoms with Gasteiger partial charge in [0.2, 0.25) is 0 Å². The van der Waals surface area contributed by atoms with E-state index < -0.39 is 0 Å². The molecule has 184 valence electrons. The van der Waals surface area contributed by atoms with Crippen LogP contribution in [-0.4, -0.2) is 30.2 Å². The van der Waals surface area contributed by atoms with Gasteiger partial charge in [-0.05, 0) is 107 Å². The molecule has 4 nitrogen and oxygen atoms in total. The van der Waals surface area contributed by atoms with Crippen molar-refractivity contribution in [1.82, 2.24) is 19.6 Å². The third kappa shape index (κ3) is 7.83. The van der Waals surface area contributed by atoms with Gasteiger partial charge in [0, 0.05) is 34.5 Å². The topological polar surface area (TPSA) is 35.6 Å². The van der Waals surface area contributed by atoms with Crippen molar-refractivity contribution in [2.24, 2.45) is 0 Å². The average Bonchev–Trinajstić information content (AvgIpc) is 3.30. The second-order valence-corrected chi connectivity index (χ2v) is 11.5. The van der Waals surface area contributed by atoms with E-state index in [1.807, 2.05) is 15.4 Å². The third-order valence-corrected chi connectivity index (χ3v) is 8.37. The fraction of sp³-hybridized carbons (Fsp3) is 0.417. The van der Waals surface area contributed by atoms with Crippen LogP contribution < -0.4 is 0 Å². The highest BCUT2D eigenvalue weighted by Crippen LogP contribution is 2.23. The molecule has 0 fully saturated rings. The molecular weight excluding hydrogens is 796 g/mol. The molecule has 0 bridgehead atoms. The van der Waals surface area contributed by atoms with Crippen molar-refractivity contribution >= 4 is 98.8 Å². The highest BCUT2D eigenvalue weighted by molar-refractivity contribution is 14.1. The van der Waals surface area contributed by atoms with Crippen molar-refractivity contribution in [3.05, 3.63) is 55.4 Å². The van der Waals surface area contributed by atoms with Gasteiger partial charge >= 0.3 is 0 Å². The molecule has 4 aromatic rings. The smallest absolute Gasteiger partial charge is 0.131 e. The van der Waals surface area contributed by atoms with Crippen molar-refractivity contribution in [2.45, 2.75) is 51.6 Å². The first-order valence-corrected chi connectivity index (χ1v) is 15.6. The fourth-order valence-electron chi connectivity index (χ4n) is 3.57. The molecule has 2 aromatic carbocycles. The number of aromatic nitrogens is 4. The summed E-state index contributed by atoms with van der Waals surface area (Å²) in [5, 5.41) is 12.9. The maximum absolute atomic E-state index is 13.1. The molecule has 0 saturated heterocycles. The quantitative estimate of drug-likeness (QED) is 0.0913. The normalized spacial score (nSPS) is 11.2. The van der Waals surface area contributed by atoms with Gasteiger partial charge in [-0.25, -0.2) is 8.78 Å². The predicted molar refractivity (Wildman–Crippen MR) is 160 cm³/mol. The van der Waals surface area contributed by atoms with E-state index in [-0.39, 0.29) is 11.6 Å². The van der Waals surface area contributed by atoms with Crippen LogP contribution in [0, 0.1) is 19.0 Å². The Morgan fingerprint density at radius 2 is 1.29 bits per heavy atom. The lowest BCUT2D eigenvalue weighted by molar-refractivity contribution is 0.549. The van der Waals surface area contributed by atoms with E-state index >= 15 is 0 Å². The molecule has 34 heavy (non-hydrogen) atoms. The molecule has 2 aromatic heterocycles. The molecule has 0 radical (unpaired) electrons. The molecule has 0 aliphatic rings. The van der Waals surface area contributed by atoms with E-state index in [0.717, 1.165) is 65.8 Å². The Morgan fingerprint density at radius 1 is 0.706 bits per heavy atom. The number of nitrogens with zero attached hydrogens (tertiary/aromatic N) is 4. The van der Waals surface area contributed by atoms with E-state index in [2.05, 4.69) is 87.2 Å². The zero-order chi connectivity index (χ0) is 24.5. The zero-order valence-electron chi connectivity index (χ0n) is 18.6. The third-order valence-electron chi connectivity index (χ3n) is 5.31. The number of halogens is 6. The molecule has 10 heteroatoms. The maximum atomic E-state index is 13.1. The van der Waals surface area contributed by atoms with E-state index in [9.17, 15) is 8.78 Å². The summed E-state index contributed by atoms with van der Waals surface area (Å²) in [6, 6.07) is 9.61. The lowest BCUT2D eigenvalue weighted by Crippen LogP contribution is -2.02. The van der Waals surface area contributed by atoms with Crippen molar-refractivity contribution in [1.29, 1.82) is 0 Å². The molecule has 0 N–H and O–H groups in total. The fourth-order valence-corrected chi connectivity index (χ4v) is 5.84. The van der Waals surface area contributed by atoms with Crippen LogP contribution in [0.1, 0.15) is 38.5 Å². The highest BCUT2D eigenvalue weighted by Gasteiger charge is 2.10. The van der Waals surface area contributed by atoms with Gasteiger partial charge in [-0.15, -0.1) is 0 Å². The van der Waals surface area contributed by atoms with Crippen LogP contribution in [-0.2, 0) is 13.1 Å². The molecule has 2 heterocycles. The predicted octanol–water partition coefficient (Wildman–Crippen LogP) is 8.69. The molecule has 0 spiro atoms. The maximum Gasteiger partial charge on any atom is 0.131 e. The van der Waals surface area contributed by atoms with Gasteiger partial charge in [0.25, 0.3) is 0 Å². The van der Waals surface area contributed by atoms with Crippen molar-refractivity contribution in [2.75, 3.05) is 10.7 Å². The summed E-state index contributed by atoms with van der Waals surface area (Å²) >= 11 is 11.2. The van der Waals surface area contributed by atoms with Crippen LogP contribution >= 0.6 is 77.0 Å². The number of unbranched alkanes of at least 4 members (excludes halogenated alkanes) is 4. The molecule has 0 atom stereocenters. The van der Waals surface area contributed by atoms with E-state index in [0.29, 0.717) is 0 Å². The molecule has 0 unspecified atom stereocenters. The molecule has 0 amide bonds. The molecule has 0 saturated carbocycles. The number of fused-ring (bicyclic) bond motifs is 2. The van der Waals surface area contributed by atoms with Gasteiger partial charge in [-0.3, -0.25) is 9.36 Å². The standard InChI is InChI=1S/2C12H13BrFIN2/c13-6-2-1-3-7-17-11-5-4-9(14)8-10(11)12(15)16-17;13-6-2-1-3-7-17-12(15)10-8-9(14)4-5-11(10)16-17/h2*4-5,8H,1-3,6-7H2. The minimum absolute atomic E-state index is 0.200. The second kappa shape index (κ2) is 14.4. The van der Waals surface area contributed by atoms with Crippen molar-refractivity contribution in [3.8, 4) is 0 Å². The summed E-state index contributed by atoms with van der Waals surface area (Å²) in [6.45, 7) is 1.81. The lowest BCUT2D eigenvalue weighted by atomic mass is 10.2. The first-order chi connectivity index (χ1) is 16.4. The van der Waals surface area contributed by atoms with Crippen molar-refractivity contribution < 1.29 is 8.78 Å². The minimum atomic E-state index is -0.200. The van der Waals surface area contributed by atoms with Crippen LogP contribution in [0.15, 0.2) is 36.4 Å². The Kier molecular flexibility index (Phi) is 12.0. The van der Waals surface area contributed by atoms with Gasteiger partial charge in [0.05, 0.1) is 11.0 Å². The van der Waals surface area contributed by atoms with Crippen LogP contribution in [0.25, 0.3) is 21.8 Å². The first-order valence-electron chi connectivity index (χ1n) is 11.2. The molecular formula is C24H26Br2F2I2N4. The Labute approximate surface area is 242 Å². The number of hydrogen-bond donors (Lipinski definition) is 0. The summed E-state index contributed by atoms with van der Waals surface area (Å²) in [5.41, 5.74) is 1.89. The number of hydrogen-bond acceptors (Lipinski definition) is 2. The zero-order valence-corrected chi connectivity index (χ0v) is 26.1. The van der Waals surface area contributed by atoms with Crippen molar-refractivity contribution in [3.63, 3.8) is 0 Å². The van der Waals surface area contributed by atoms with Gasteiger partial charge < -0.3 is 0 Å². The average molecular weight is 822 g/mol. The second-order valence-electron chi connectivity index (χ2n) is 7.85. The molecule has 0 aliphatic carbocycles. The summed E-state index contributed by atoms with van der Waals surface area (Å²) < 4.78 is 32.1. The Balaban J connectivity index is 0.000000191. The highest BCUT2D eigenvalue weighted by atomic mass is 127. The van der Waals surface area contributed by atoms with E-state index in [1.54, 1.807) is 18.2 Å². The van der Waals surface area contributed by atoms with E-state index in [1.165, 1.54) is 37.8 Å². The van der Waals surface area contributed by atoms with Gasteiger partial charge in [-0.2, -0.15) is 10.2 Å². The van der Waals surface area contributed by atoms with Crippen LogP contribution in [0.4, 0.5) is 8.78 Å². The monoisotopic (exact) mass is 820 g/mol. The number of benzene rings is 2. The Morgan fingerprint density at radius 3 is 1.94 bits per heavy atom. The lowest BCUT2D eigenvalue weighted by Gasteiger charge is -2.02. The Bertz CT molecular complexity index is 1200. The SMILES string of the molecule is Fc1ccc2c(c1)c(I)nn2CCCCCBr.Fc1ccc2nn(CCCCCBr)c(I)c2c1. The molecule has 4 rings (SSSR count). The largest absolute Gasteiger partial charge is 0.264 e. The summed E-state index contributed by atoms with van der Waals surface area (Å²) in [4.78, 5) is 0. The summed E-state index contributed by atoms with van der Waals surface area (Å²) in [6.07, 6.45) is 6.96. The van der Waals surface area contributed by atoms with Crippen LogP contribution in [0.2, 0.25) is 0 Å². The van der Waals surface area contributed by atoms with Crippen LogP contribution in [0.3, 0.4) is 0 Å². The summed E-state index contributed by atoms with van der Waals surface area (Å²) in [7, 11) is 0. The number of rotatable bonds is 10. The minimum Gasteiger partial charge on any atom is -0.264 e. The van der Waals surface area contributed by atoms with Gasteiger partial charge in [-0.1, -0.05) is 44.7 Å². The number of alkyl halides is 2. The molecule has 0 aliphatic heterocycles. The van der Waals surface area contributed by atoms with Gasteiger partial charge in [0.15, 0.2) is 0 Å². The van der Waals surface area contributed by atoms with E-state index in [4.69, 9.17) is 0 Å². The number of aryl methyl sites for hydroxylation is 2. The first kappa shape index (κ1) is 28.2. The Hall–Kier alpha value is -0.340. The van der Waals surface area contributed by atoms with Gasteiger partial charge in [0.1, 0.15) is 19.0 Å².